The van der Waals surface area contributed by atoms with Crippen LogP contribution >= 0.6 is 0 Å². The van der Waals surface area contributed by atoms with E-state index in [1.807, 2.05) is 6.92 Å². The summed E-state index contributed by atoms with van der Waals surface area (Å²) >= 11 is 0. The first-order chi connectivity index (χ1) is 9.54. The Hall–Kier alpha value is -1.59. The third-order valence-corrected chi connectivity index (χ3v) is 5.01. The molecular weight excluding hydrogens is 260 g/mol. The number of amides is 1. The largest absolute Gasteiger partial charge is 0.477 e. The van der Waals surface area contributed by atoms with Crippen LogP contribution in [0.5, 0.6) is 0 Å². The number of carbonyl (C=O) groups is 2. The highest BCUT2D eigenvalue weighted by Crippen LogP contribution is 2.49. The van der Waals surface area contributed by atoms with Crippen LogP contribution in [-0.2, 0) is 14.4 Å². The minimum Gasteiger partial charge on any atom is -0.477 e. The van der Waals surface area contributed by atoms with Crippen molar-refractivity contribution in [3.05, 3.63) is 0 Å². The summed E-state index contributed by atoms with van der Waals surface area (Å²) in [7, 11) is 0. The fourth-order valence-electron chi connectivity index (χ4n) is 3.97. The molecule has 20 heavy (non-hydrogen) atoms. The molecule has 0 spiro atoms. The van der Waals surface area contributed by atoms with Gasteiger partial charge in [0, 0.05) is 12.5 Å². The molecule has 1 amide bonds. The van der Waals surface area contributed by atoms with Crippen molar-refractivity contribution in [2.24, 2.45) is 22.9 Å². The third kappa shape index (κ3) is 2.39. The molecule has 2 bridgehead atoms. The average molecular weight is 280 g/mol. The van der Waals surface area contributed by atoms with Crippen molar-refractivity contribution in [3.8, 4) is 0 Å². The topological polar surface area (TPSA) is 88.0 Å². The first-order valence-electron chi connectivity index (χ1n) is 7.31. The summed E-state index contributed by atoms with van der Waals surface area (Å²) in [6.45, 7) is 2.04. The van der Waals surface area contributed by atoms with Gasteiger partial charge in [0.2, 0.25) is 6.10 Å². The zero-order valence-corrected chi connectivity index (χ0v) is 11.5. The van der Waals surface area contributed by atoms with Gasteiger partial charge in [0.15, 0.2) is 5.71 Å². The van der Waals surface area contributed by atoms with Crippen LogP contribution in [0.2, 0.25) is 0 Å². The molecule has 0 aromatic rings. The summed E-state index contributed by atoms with van der Waals surface area (Å²) in [6, 6.07) is 0.121. The molecule has 0 aromatic heterocycles. The number of hydrogen-bond donors (Lipinski definition) is 2. The predicted molar refractivity (Wildman–Crippen MR) is 71.1 cm³/mol. The maximum absolute atomic E-state index is 12.1. The second kappa shape index (κ2) is 5.07. The van der Waals surface area contributed by atoms with Crippen molar-refractivity contribution in [1.29, 1.82) is 0 Å². The number of carboxylic acid groups (broad SMARTS) is 1. The van der Waals surface area contributed by atoms with Gasteiger partial charge in [-0.3, -0.25) is 4.79 Å². The Labute approximate surface area is 117 Å². The Morgan fingerprint density at radius 3 is 2.75 bits per heavy atom. The summed E-state index contributed by atoms with van der Waals surface area (Å²) < 4.78 is 0. The van der Waals surface area contributed by atoms with Crippen LogP contribution in [0.25, 0.3) is 0 Å². The molecule has 1 aliphatic heterocycles. The van der Waals surface area contributed by atoms with E-state index in [-0.39, 0.29) is 24.1 Å². The lowest BCUT2D eigenvalue weighted by Crippen LogP contribution is -2.45. The number of nitrogens with zero attached hydrogens (tertiary/aromatic N) is 1. The zero-order chi connectivity index (χ0) is 14.3. The minimum absolute atomic E-state index is 0.0462. The van der Waals surface area contributed by atoms with E-state index in [2.05, 4.69) is 10.5 Å². The fourth-order valence-corrected chi connectivity index (χ4v) is 3.97. The lowest BCUT2D eigenvalue weighted by atomic mass is 9.84. The van der Waals surface area contributed by atoms with Crippen molar-refractivity contribution >= 4 is 17.6 Å². The average Bonchev–Trinajstić information content (AvgIpc) is 3.14. The minimum atomic E-state index is -1.12. The second-order valence-electron chi connectivity index (χ2n) is 6.28. The van der Waals surface area contributed by atoms with Crippen LogP contribution in [0.1, 0.15) is 39.0 Å². The number of carboxylic acids is 1. The van der Waals surface area contributed by atoms with Gasteiger partial charge in [0.1, 0.15) is 0 Å². The molecule has 6 nitrogen and oxygen atoms in total. The Bertz CT molecular complexity index is 462. The molecule has 5 atom stereocenters. The van der Waals surface area contributed by atoms with Crippen molar-refractivity contribution in [2.75, 3.05) is 0 Å². The first kappa shape index (κ1) is 13.4. The molecule has 5 unspecified atom stereocenters. The van der Waals surface area contributed by atoms with Gasteiger partial charge in [-0.15, -0.1) is 0 Å². The summed E-state index contributed by atoms with van der Waals surface area (Å²) in [5, 5.41) is 15.2. The number of rotatable bonds is 4. The van der Waals surface area contributed by atoms with Crippen LogP contribution in [0.4, 0.5) is 0 Å². The van der Waals surface area contributed by atoms with Gasteiger partial charge < -0.3 is 15.3 Å². The Morgan fingerprint density at radius 1 is 1.40 bits per heavy atom. The lowest BCUT2D eigenvalue weighted by molar-refractivity contribution is -0.132. The van der Waals surface area contributed by atoms with Gasteiger partial charge in [-0.05, 0) is 43.9 Å². The van der Waals surface area contributed by atoms with Gasteiger partial charge in [-0.2, -0.15) is 0 Å². The van der Waals surface area contributed by atoms with E-state index in [1.54, 1.807) is 0 Å². The Balaban J connectivity index is 1.51. The van der Waals surface area contributed by atoms with Gasteiger partial charge in [0.25, 0.3) is 5.91 Å². The number of nitrogens with one attached hydrogen (secondary N) is 1. The van der Waals surface area contributed by atoms with Crippen molar-refractivity contribution in [1.82, 2.24) is 5.32 Å². The monoisotopic (exact) mass is 280 g/mol. The van der Waals surface area contributed by atoms with Crippen LogP contribution in [0.3, 0.4) is 0 Å². The SMILES string of the molecule is CC(NC(=O)C1CC(C(=O)O)=NO1)C1CC2CCC1C2. The smallest absolute Gasteiger partial charge is 0.353 e. The maximum Gasteiger partial charge on any atom is 0.353 e. The van der Waals surface area contributed by atoms with E-state index in [0.717, 1.165) is 11.8 Å². The standard InChI is InChI=1S/C14H20N2O4/c1-7(10-5-8-2-3-9(10)4-8)15-13(17)12-6-11(14(18)19)16-20-12/h7-10,12H,2-6H2,1H3,(H,15,17)(H,18,19). The van der Waals surface area contributed by atoms with Gasteiger partial charge in [-0.1, -0.05) is 11.6 Å². The Kier molecular flexibility index (Phi) is 3.40. The lowest BCUT2D eigenvalue weighted by Gasteiger charge is -2.29. The molecular formula is C14H20N2O4. The molecule has 1 heterocycles. The summed E-state index contributed by atoms with van der Waals surface area (Å²) in [6.07, 6.45) is 4.38. The molecule has 2 aliphatic carbocycles. The van der Waals surface area contributed by atoms with E-state index >= 15 is 0 Å². The highest BCUT2D eigenvalue weighted by atomic mass is 16.6. The van der Waals surface area contributed by atoms with Gasteiger partial charge >= 0.3 is 5.97 Å². The summed E-state index contributed by atoms with van der Waals surface area (Å²) in [4.78, 5) is 27.7. The van der Waals surface area contributed by atoms with Crippen LogP contribution in [0.15, 0.2) is 5.16 Å². The van der Waals surface area contributed by atoms with E-state index in [1.165, 1.54) is 25.7 Å². The zero-order valence-electron chi connectivity index (χ0n) is 11.5. The molecule has 2 fully saturated rings. The molecule has 110 valence electrons. The molecule has 6 heteroatoms. The van der Waals surface area contributed by atoms with Crippen molar-refractivity contribution in [3.63, 3.8) is 0 Å². The number of carbonyl (C=O) groups excluding carboxylic acids is 1. The number of aliphatic carboxylic acids is 1. The normalized spacial score (nSPS) is 36.4. The first-order valence-corrected chi connectivity index (χ1v) is 7.31. The van der Waals surface area contributed by atoms with E-state index in [0.29, 0.717) is 5.92 Å². The van der Waals surface area contributed by atoms with E-state index in [4.69, 9.17) is 9.94 Å². The van der Waals surface area contributed by atoms with Gasteiger partial charge in [-0.25, -0.2) is 4.79 Å². The van der Waals surface area contributed by atoms with E-state index < -0.39 is 12.1 Å². The predicted octanol–water partition coefficient (Wildman–Crippen LogP) is 1.16. The summed E-state index contributed by atoms with van der Waals surface area (Å²) in [5.41, 5.74) is -0.0854. The van der Waals surface area contributed by atoms with E-state index in [9.17, 15) is 9.59 Å². The second-order valence-corrected chi connectivity index (χ2v) is 6.28. The van der Waals surface area contributed by atoms with Crippen LogP contribution in [0, 0.1) is 17.8 Å². The number of fused-ring (bicyclic) bond motifs is 2. The van der Waals surface area contributed by atoms with Crippen LogP contribution in [-0.4, -0.2) is 34.8 Å². The van der Waals surface area contributed by atoms with Gasteiger partial charge in [0.05, 0.1) is 0 Å². The van der Waals surface area contributed by atoms with Crippen molar-refractivity contribution < 1.29 is 19.5 Å². The Morgan fingerprint density at radius 2 is 2.20 bits per heavy atom. The third-order valence-electron chi connectivity index (χ3n) is 5.01. The number of hydrogen-bond acceptors (Lipinski definition) is 4. The molecule has 3 rings (SSSR count). The highest BCUT2D eigenvalue weighted by molar-refractivity contribution is 6.36. The van der Waals surface area contributed by atoms with Crippen molar-refractivity contribution in [2.45, 2.75) is 51.2 Å². The molecule has 0 saturated heterocycles. The molecule has 3 aliphatic rings. The molecule has 2 saturated carbocycles. The molecule has 0 radical (unpaired) electrons. The highest BCUT2D eigenvalue weighted by Gasteiger charge is 2.43. The number of oxime groups is 1. The molecule has 2 N–H and O–H groups in total. The fraction of sp³-hybridized carbons (Fsp3) is 0.786. The quantitative estimate of drug-likeness (QED) is 0.808. The molecule has 0 aromatic carbocycles. The summed E-state index contributed by atoms with van der Waals surface area (Å²) in [5.74, 6) is 0.764. The maximum atomic E-state index is 12.1. The van der Waals surface area contributed by atoms with Crippen LogP contribution < -0.4 is 5.32 Å².